The van der Waals surface area contributed by atoms with Crippen molar-refractivity contribution in [1.29, 1.82) is 0 Å². The molecule has 1 aliphatic rings. The lowest BCUT2D eigenvalue weighted by atomic mass is 9.89. The summed E-state index contributed by atoms with van der Waals surface area (Å²) in [5.74, 6) is -0.354. The molecule has 31 heavy (non-hydrogen) atoms. The number of amides is 2. The van der Waals surface area contributed by atoms with Crippen LogP contribution in [0.1, 0.15) is 48.0 Å². The molecule has 1 atom stereocenters. The number of benzene rings is 2. The molecular weight excluding hydrogens is 392 g/mol. The van der Waals surface area contributed by atoms with Crippen molar-refractivity contribution >= 4 is 11.8 Å². The third-order valence-corrected chi connectivity index (χ3v) is 5.89. The third-order valence-electron chi connectivity index (χ3n) is 5.89. The Balaban J connectivity index is 1.53. The summed E-state index contributed by atoms with van der Waals surface area (Å²) in [6.07, 6.45) is 6.82. The Morgan fingerprint density at radius 3 is 2.16 bits per heavy atom. The van der Waals surface area contributed by atoms with Crippen molar-refractivity contribution < 1.29 is 14.8 Å². The van der Waals surface area contributed by atoms with Crippen molar-refractivity contribution in [2.45, 2.75) is 44.7 Å². The van der Waals surface area contributed by atoms with E-state index < -0.39 is 17.9 Å². The van der Waals surface area contributed by atoms with Gasteiger partial charge in [-0.15, -0.1) is 0 Å². The number of rotatable bonds is 9. The van der Waals surface area contributed by atoms with Gasteiger partial charge < -0.3 is 16.4 Å². The van der Waals surface area contributed by atoms with Crippen LogP contribution >= 0.6 is 0 Å². The minimum atomic E-state index is -0.989. The number of hydrogen-bond donors (Lipinski definition) is 5. The number of carbonyl (C=O) groups excluding carboxylic acids is 2. The first-order chi connectivity index (χ1) is 15.1. The maximum atomic E-state index is 12.3. The molecule has 166 valence electrons. The second-order valence-electron chi connectivity index (χ2n) is 8.15. The lowest BCUT2D eigenvalue weighted by Gasteiger charge is -2.21. The van der Waals surface area contributed by atoms with Crippen LogP contribution in [0, 0.1) is 5.92 Å². The molecule has 0 radical (unpaired) electrons. The minimum Gasteiger partial charge on any atom is -0.339 e. The molecule has 2 amide bonds. The van der Waals surface area contributed by atoms with Gasteiger partial charge in [0.05, 0.1) is 0 Å². The average Bonchev–Trinajstić information content (AvgIpc) is 2.83. The van der Waals surface area contributed by atoms with E-state index in [4.69, 9.17) is 10.9 Å². The Morgan fingerprint density at radius 1 is 0.968 bits per heavy atom. The van der Waals surface area contributed by atoms with Gasteiger partial charge in [-0.2, -0.15) is 0 Å². The van der Waals surface area contributed by atoms with Crippen LogP contribution in [0.25, 0.3) is 11.1 Å². The summed E-state index contributed by atoms with van der Waals surface area (Å²) in [4.78, 5) is 23.8. The molecule has 2 aromatic rings. The second kappa shape index (κ2) is 11.6. The molecule has 0 aromatic heterocycles. The summed E-state index contributed by atoms with van der Waals surface area (Å²) in [7, 11) is 0. The molecule has 7 nitrogen and oxygen atoms in total. The lowest BCUT2D eigenvalue weighted by molar-refractivity contribution is -0.130. The van der Waals surface area contributed by atoms with Gasteiger partial charge in [0.2, 0.25) is 0 Å². The molecule has 1 saturated carbocycles. The van der Waals surface area contributed by atoms with E-state index >= 15 is 0 Å². The first kappa shape index (κ1) is 22.9. The number of nitrogens with one attached hydrogen (secondary N) is 3. The second-order valence-corrected chi connectivity index (χ2v) is 8.15. The summed E-state index contributed by atoms with van der Waals surface area (Å²) in [5.41, 5.74) is 10.7. The van der Waals surface area contributed by atoms with Crippen molar-refractivity contribution in [1.82, 2.24) is 16.1 Å². The van der Waals surface area contributed by atoms with E-state index in [0.29, 0.717) is 5.56 Å². The highest BCUT2D eigenvalue weighted by Crippen LogP contribution is 2.23. The van der Waals surface area contributed by atoms with Crippen molar-refractivity contribution in [3.05, 3.63) is 59.7 Å². The fourth-order valence-electron chi connectivity index (χ4n) is 3.99. The molecule has 1 aliphatic carbocycles. The Morgan fingerprint density at radius 2 is 1.58 bits per heavy atom. The van der Waals surface area contributed by atoms with Crippen LogP contribution in [-0.4, -0.2) is 36.2 Å². The van der Waals surface area contributed by atoms with Crippen LogP contribution in [-0.2, 0) is 11.3 Å². The van der Waals surface area contributed by atoms with E-state index in [9.17, 15) is 9.59 Å². The average molecular weight is 425 g/mol. The smallest absolute Gasteiger partial charge is 0.267 e. The van der Waals surface area contributed by atoms with Crippen LogP contribution in [0.15, 0.2) is 48.5 Å². The molecule has 0 spiro atoms. The molecule has 0 bridgehead atoms. The highest BCUT2D eigenvalue weighted by atomic mass is 16.5. The first-order valence-electron chi connectivity index (χ1n) is 11.0. The monoisotopic (exact) mass is 424 g/mol. The van der Waals surface area contributed by atoms with E-state index in [0.717, 1.165) is 30.1 Å². The third kappa shape index (κ3) is 6.62. The highest BCUT2D eigenvalue weighted by molar-refractivity contribution is 5.97. The molecule has 0 unspecified atom stereocenters. The zero-order valence-corrected chi connectivity index (χ0v) is 17.8. The van der Waals surface area contributed by atoms with Gasteiger partial charge >= 0.3 is 0 Å². The van der Waals surface area contributed by atoms with Crippen molar-refractivity contribution in [2.24, 2.45) is 11.7 Å². The molecule has 0 heterocycles. The maximum Gasteiger partial charge on any atom is 0.267 e. The van der Waals surface area contributed by atoms with Gasteiger partial charge in [-0.05, 0) is 54.1 Å². The van der Waals surface area contributed by atoms with Crippen LogP contribution in [0.5, 0.6) is 0 Å². The lowest BCUT2D eigenvalue weighted by Crippen LogP contribution is -2.50. The van der Waals surface area contributed by atoms with Crippen molar-refractivity contribution in [2.75, 3.05) is 13.1 Å². The zero-order chi connectivity index (χ0) is 22.1. The van der Waals surface area contributed by atoms with Gasteiger partial charge in [0.25, 0.3) is 11.8 Å². The molecule has 6 N–H and O–H groups in total. The van der Waals surface area contributed by atoms with Crippen molar-refractivity contribution in [3.8, 4) is 11.1 Å². The predicted octanol–water partition coefficient (Wildman–Crippen LogP) is 2.59. The molecule has 2 aromatic carbocycles. The predicted molar refractivity (Wildman–Crippen MR) is 120 cm³/mol. The van der Waals surface area contributed by atoms with Gasteiger partial charge in [-0.25, -0.2) is 5.48 Å². The number of hydrogen-bond acceptors (Lipinski definition) is 5. The molecular formula is C24H32N4O3. The van der Waals surface area contributed by atoms with Crippen LogP contribution in [0.2, 0.25) is 0 Å². The largest absolute Gasteiger partial charge is 0.339 e. The van der Waals surface area contributed by atoms with Crippen LogP contribution < -0.4 is 21.8 Å². The maximum absolute atomic E-state index is 12.3. The topological polar surface area (TPSA) is 116 Å². The zero-order valence-electron chi connectivity index (χ0n) is 17.8. The van der Waals surface area contributed by atoms with Crippen LogP contribution in [0.3, 0.4) is 0 Å². The molecule has 3 rings (SSSR count). The fourth-order valence-corrected chi connectivity index (χ4v) is 3.99. The molecule has 1 fully saturated rings. The van der Waals surface area contributed by atoms with E-state index in [-0.39, 0.29) is 6.54 Å². The fraction of sp³-hybridized carbons (Fsp3) is 0.417. The van der Waals surface area contributed by atoms with Gasteiger partial charge in [0.15, 0.2) is 0 Å². The number of carbonyl (C=O) groups is 2. The molecule has 7 heteroatoms. The normalized spacial score (nSPS) is 15.3. The Hall–Kier alpha value is -2.74. The Kier molecular flexibility index (Phi) is 8.58. The van der Waals surface area contributed by atoms with E-state index in [2.05, 4.69) is 34.9 Å². The van der Waals surface area contributed by atoms with Gasteiger partial charge in [0.1, 0.15) is 6.04 Å². The SMILES string of the molecule is NC[C@H](NC(=O)c1ccc(-c2ccc(CNCC3CCCCC3)cc2)cc1)C(=O)NO. The summed E-state index contributed by atoms with van der Waals surface area (Å²) >= 11 is 0. The summed E-state index contributed by atoms with van der Waals surface area (Å²) in [6, 6.07) is 14.6. The van der Waals surface area contributed by atoms with Gasteiger partial charge in [0, 0.05) is 18.7 Å². The summed E-state index contributed by atoms with van der Waals surface area (Å²) < 4.78 is 0. The van der Waals surface area contributed by atoms with E-state index in [1.165, 1.54) is 43.1 Å². The highest BCUT2D eigenvalue weighted by Gasteiger charge is 2.19. The van der Waals surface area contributed by atoms with Crippen LogP contribution in [0.4, 0.5) is 0 Å². The quantitative estimate of drug-likeness (QED) is 0.313. The Bertz CT molecular complexity index is 846. The number of hydroxylamine groups is 1. The summed E-state index contributed by atoms with van der Waals surface area (Å²) in [5, 5.41) is 14.8. The first-order valence-corrected chi connectivity index (χ1v) is 11.0. The standard InChI is InChI=1S/C24H32N4O3/c25-14-22(24(30)28-31)27-23(29)21-12-10-20(11-13-21)19-8-6-18(7-9-19)16-26-15-17-4-2-1-3-5-17/h6-13,17,22,26,31H,1-5,14-16,25H2,(H,27,29)(H,28,30)/t22-/m0/s1. The molecule has 0 saturated heterocycles. The van der Waals surface area contributed by atoms with Gasteiger partial charge in [-0.1, -0.05) is 55.7 Å². The van der Waals surface area contributed by atoms with E-state index in [1.807, 2.05) is 12.1 Å². The molecule has 0 aliphatic heterocycles. The summed E-state index contributed by atoms with van der Waals surface area (Å²) in [6.45, 7) is 1.86. The van der Waals surface area contributed by atoms with E-state index in [1.54, 1.807) is 12.1 Å². The Labute approximate surface area is 183 Å². The number of nitrogens with two attached hydrogens (primary N) is 1. The minimum absolute atomic E-state index is 0.113. The van der Waals surface area contributed by atoms with Gasteiger partial charge in [-0.3, -0.25) is 14.8 Å². The van der Waals surface area contributed by atoms with Crippen molar-refractivity contribution in [3.63, 3.8) is 0 Å².